The first-order chi connectivity index (χ1) is 11.4. The lowest BCUT2D eigenvalue weighted by molar-refractivity contribution is 1.05. The Hall–Kier alpha value is -1.56. The van der Waals surface area contributed by atoms with Crippen LogP contribution in [0.2, 0.25) is 0 Å². The molecule has 0 heteroatoms. The lowest BCUT2D eigenvalue weighted by atomic mass is 9.97. The molecule has 0 amide bonds. The van der Waals surface area contributed by atoms with Crippen LogP contribution in [0.4, 0.5) is 0 Å². The van der Waals surface area contributed by atoms with Crippen LogP contribution in [0.25, 0.3) is 0 Å². The molecule has 0 nitrogen and oxygen atoms in total. The van der Waals surface area contributed by atoms with Gasteiger partial charge in [0.25, 0.3) is 0 Å². The number of aryl methyl sites for hydroxylation is 8. The van der Waals surface area contributed by atoms with Crippen LogP contribution in [0.15, 0.2) is 24.3 Å². The summed E-state index contributed by atoms with van der Waals surface area (Å²) in [5.41, 5.74) is 11.7. The fourth-order valence-electron chi connectivity index (χ4n) is 3.41. The highest BCUT2D eigenvalue weighted by molar-refractivity contribution is 5.38. The molecule has 0 unspecified atom stereocenters. The van der Waals surface area contributed by atoms with Crippen molar-refractivity contribution in [3.63, 3.8) is 0 Å². The fraction of sp³-hybridized carbons (Fsp3) is 0.500. The van der Waals surface area contributed by atoms with E-state index in [0.717, 1.165) is 25.7 Å². The molecule has 0 heterocycles. The van der Waals surface area contributed by atoms with Gasteiger partial charge in [0.2, 0.25) is 0 Å². The third kappa shape index (κ3) is 5.23. The predicted molar refractivity (Wildman–Crippen MR) is 109 cm³/mol. The van der Waals surface area contributed by atoms with Crippen molar-refractivity contribution < 1.29 is 0 Å². The van der Waals surface area contributed by atoms with Crippen LogP contribution in [0, 0.1) is 27.7 Å². The summed E-state index contributed by atoms with van der Waals surface area (Å²) in [6, 6.07) is 9.31. The van der Waals surface area contributed by atoms with Crippen LogP contribution < -0.4 is 0 Å². The second-order valence-electron chi connectivity index (χ2n) is 6.82. The van der Waals surface area contributed by atoms with Crippen molar-refractivity contribution in [3.05, 3.63) is 68.8 Å². The molecular formula is C24H36. The van der Waals surface area contributed by atoms with Crippen molar-refractivity contribution in [2.45, 2.75) is 81.1 Å². The molecule has 2 aromatic rings. The first-order valence-corrected chi connectivity index (χ1v) is 9.55. The Bertz CT molecular complexity index is 607. The number of rotatable bonds is 4. The minimum absolute atomic E-state index is 1.15. The third-order valence-electron chi connectivity index (χ3n) is 5.11. The van der Waals surface area contributed by atoms with Gasteiger partial charge in [-0.1, -0.05) is 52.0 Å². The molecule has 0 atom stereocenters. The first-order valence-electron chi connectivity index (χ1n) is 9.55. The second kappa shape index (κ2) is 9.67. The Morgan fingerprint density at radius 2 is 0.667 bits per heavy atom. The molecule has 0 radical (unpaired) electrons. The lowest BCUT2D eigenvalue weighted by Gasteiger charge is -2.09. The van der Waals surface area contributed by atoms with Gasteiger partial charge in [0, 0.05) is 0 Å². The van der Waals surface area contributed by atoms with Crippen molar-refractivity contribution >= 4 is 0 Å². The molecule has 0 aliphatic heterocycles. The number of benzene rings is 2. The van der Waals surface area contributed by atoms with Gasteiger partial charge >= 0.3 is 0 Å². The average molecular weight is 325 g/mol. The molecule has 0 N–H and O–H groups in total. The monoisotopic (exact) mass is 324 g/mol. The van der Waals surface area contributed by atoms with E-state index in [1.54, 1.807) is 0 Å². The van der Waals surface area contributed by atoms with E-state index in [1.165, 1.54) is 44.5 Å². The van der Waals surface area contributed by atoms with E-state index in [-0.39, 0.29) is 0 Å². The van der Waals surface area contributed by atoms with Gasteiger partial charge in [-0.2, -0.15) is 0 Å². The predicted octanol–water partition coefficient (Wildman–Crippen LogP) is 6.86. The van der Waals surface area contributed by atoms with Crippen molar-refractivity contribution in [1.29, 1.82) is 0 Å². The Morgan fingerprint density at radius 3 is 0.958 bits per heavy atom. The third-order valence-corrected chi connectivity index (χ3v) is 5.11. The topological polar surface area (TPSA) is 0 Å². The summed E-state index contributed by atoms with van der Waals surface area (Å²) in [6.07, 6.45) is 4.60. The van der Waals surface area contributed by atoms with E-state index >= 15 is 0 Å². The highest BCUT2D eigenvalue weighted by atomic mass is 14.1. The zero-order chi connectivity index (χ0) is 18.3. The maximum absolute atomic E-state index is 2.35. The highest BCUT2D eigenvalue weighted by Gasteiger charge is 2.01. The summed E-state index contributed by atoms with van der Waals surface area (Å²) in [5, 5.41) is 0. The largest absolute Gasteiger partial charge is 0.0613 e. The smallest absolute Gasteiger partial charge is 0.0305 e. The van der Waals surface area contributed by atoms with Gasteiger partial charge in [0.15, 0.2) is 0 Å². The van der Waals surface area contributed by atoms with Crippen LogP contribution in [-0.4, -0.2) is 0 Å². The van der Waals surface area contributed by atoms with Gasteiger partial charge in [-0.15, -0.1) is 0 Å². The minimum atomic E-state index is 1.15. The Balaban J connectivity index is 0.000000240. The lowest BCUT2D eigenvalue weighted by Crippen LogP contribution is -1.93. The molecule has 132 valence electrons. The SMILES string of the molecule is CCc1cc(C)c(CC)cc1C.CCc1cc(CC)c(C)cc1C. The maximum atomic E-state index is 2.35. The summed E-state index contributed by atoms with van der Waals surface area (Å²) in [6.45, 7) is 17.7. The molecule has 0 aliphatic carbocycles. The number of hydrogen-bond acceptors (Lipinski definition) is 0. The maximum Gasteiger partial charge on any atom is -0.0305 e. The average Bonchev–Trinajstić information content (AvgIpc) is 2.57. The molecule has 2 rings (SSSR count). The molecular weight excluding hydrogens is 288 g/mol. The van der Waals surface area contributed by atoms with E-state index < -0.39 is 0 Å². The van der Waals surface area contributed by atoms with Crippen molar-refractivity contribution in [2.75, 3.05) is 0 Å². The molecule has 2 aromatic carbocycles. The van der Waals surface area contributed by atoms with E-state index in [9.17, 15) is 0 Å². The van der Waals surface area contributed by atoms with Crippen LogP contribution in [0.5, 0.6) is 0 Å². The van der Waals surface area contributed by atoms with Gasteiger partial charge in [-0.05, 0) is 97.9 Å². The van der Waals surface area contributed by atoms with E-state index in [4.69, 9.17) is 0 Å². The van der Waals surface area contributed by atoms with E-state index in [0.29, 0.717) is 0 Å². The molecule has 0 aliphatic rings. The quantitative estimate of drug-likeness (QED) is 0.576. The molecule has 0 fully saturated rings. The standard InChI is InChI=1S/2C12H18/c1-5-11-7-10(4)12(6-2)8-9(11)3;1-5-11-8-12(6-2)10(4)7-9(11)3/h2*7-8H,5-6H2,1-4H3. The summed E-state index contributed by atoms with van der Waals surface area (Å²) in [7, 11) is 0. The van der Waals surface area contributed by atoms with E-state index in [1.807, 2.05) is 0 Å². The van der Waals surface area contributed by atoms with Crippen LogP contribution in [0.3, 0.4) is 0 Å². The summed E-state index contributed by atoms with van der Waals surface area (Å²) in [5.74, 6) is 0. The molecule has 0 saturated carbocycles. The zero-order valence-electron chi connectivity index (χ0n) is 17.1. The molecule has 24 heavy (non-hydrogen) atoms. The zero-order valence-corrected chi connectivity index (χ0v) is 17.1. The summed E-state index contributed by atoms with van der Waals surface area (Å²) < 4.78 is 0. The molecule has 0 spiro atoms. The van der Waals surface area contributed by atoms with Crippen LogP contribution >= 0.6 is 0 Å². The van der Waals surface area contributed by atoms with Gasteiger partial charge in [-0.3, -0.25) is 0 Å². The van der Waals surface area contributed by atoms with Gasteiger partial charge in [0.05, 0.1) is 0 Å². The number of hydrogen-bond donors (Lipinski definition) is 0. The fourth-order valence-corrected chi connectivity index (χ4v) is 3.41. The van der Waals surface area contributed by atoms with E-state index in [2.05, 4.69) is 79.7 Å². The van der Waals surface area contributed by atoms with Crippen molar-refractivity contribution in [2.24, 2.45) is 0 Å². The van der Waals surface area contributed by atoms with Crippen LogP contribution in [0.1, 0.15) is 72.2 Å². The Kier molecular flexibility index (Phi) is 8.25. The van der Waals surface area contributed by atoms with Crippen molar-refractivity contribution in [3.8, 4) is 0 Å². The second-order valence-corrected chi connectivity index (χ2v) is 6.82. The summed E-state index contributed by atoms with van der Waals surface area (Å²) in [4.78, 5) is 0. The highest BCUT2D eigenvalue weighted by Crippen LogP contribution is 2.17. The van der Waals surface area contributed by atoms with Gasteiger partial charge < -0.3 is 0 Å². The molecule has 0 aromatic heterocycles. The normalized spacial score (nSPS) is 10.3. The van der Waals surface area contributed by atoms with Crippen LogP contribution in [-0.2, 0) is 25.7 Å². The van der Waals surface area contributed by atoms with Crippen molar-refractivity contribution in [1.82, 2.24) is 0 Å². The van der Waals surface area contributed by atoms with Gasteiger partial charge in [0.1, 0.15) is 0 Å². The Morgan fingerprint density at radius 1 is 0.417 bits per heavy atom. The summed E-state index contributed by atoms with van der Waals surface area (Å²) >= 11 is 0. The first kappa shape index (κ1) is 20.5. The minimum Gasteiger partial charge on any atom is -0.0613 e. The van der Waals surface area contributed by atoms with Gasteiger partial charge in [-0.25, -0.2) is 0 Å². The molecule has 0 bridgehead atoms. The Labute approximate surface area is 150 Å². The molecule has 0 saturated heterocycles.